The standard InChI is InChI=1S/C8H8F2N2/c9-7-4-6(2-1-3-11)5-12-8(7)10/h1-2,4-5H,3,11H2. The molecule has 1 aromatic rings. The van der Waals surface area contributed by atoms with Crippen LogP contribution in [-0.2, 0) is 0 Å². The van der Waals surface area contributed by atoms with Crippen molar-refractivity contribution in [2.75, 3.05) is 6.54 Å². The average molecular weight is 170 g/mol. The molecule has 0 aliphatic carbocycles. The molecule has 64 valence electrons. The van der Waals surface area contributed by atoms with Crippen LogP contribution in [-0.4, -0.2) is 11.5 Å². The van der Waals surface area contributed by atoms with Crippen LogP contribution in [0.5, 0.6) is 0 Å². The van der Waals surface area contributed by atoms with Gasteiger partial charge >= 0.3 is 0 Å². The minimum atomic E-state index is -1.08. The van der Waals surface area contributed by atoms with E-state index in [-0.39, 0.29) is 0 Å². The third kappa shape index (κ3) is 2.10. The van der Waals surface area contributed by atoms with E-state index in [0.29, 0.717) is 12.1 Å². The first kappa shape index (κ1) is 8.80. The van der Waals surface area contributed by atoms with Crippen molar-refractivity contribution in [3.63, 3.8) is 0 Å². The molecule has 2 N–H and O–H groups in total. The fraction of sp³-hybridized carbons (Fsp3) is 0.125. The van der Waals surface area contributed by atoms with E-state index >= 15 is 0 Å². The molecule has 0 saturated heterocycles. The van der Waals surface area contributed by atoms with Crippen LogP contribution in [0, 0.1) is 11.8 Å². The molecule has 0 fully saturated rings. The monoisotopic (exact) mass is 170 g/mol. The Morgan fingerprint density at radius 3 is 2.83 bits per heavy atom. The highest BCUT2D eigenvalue weighted by Gasteiger charge is 2.00. The van der Waals surface area contributed by atoms with Gasteiger partial charge in [0.1, 0.15) is 0 Å². The normalized spacial score (nSPS) is 10.9. The zero-order valence-corrected chi connectivity index (χ0v) is 6.30. The summed E-state index contributed by atoms with van der Waals surface area (Å²) in [7, 11) is 0. The van der Waals surface area contributed by atoms with Gasteiger partial charge < -0.3 is 5.73 Å². The molecule has 0 radical (unpaired) electrons. The lowest BCUT2D eigenvalue weighted by Gasteiger charge is -1.93. The first-order chi connectivity index (χ1) is 5.74. The lowest BCUT2D eigenvalue weighted by atomic mass is 10.2. The number of nitrogens with zero attached hydrogens (tertiary/aromatic N) is 1. The Morgan fingerprint density at radius 2 is 2.25 bits per heavy atom. The van der Waals surface area contributed by atoms with E-state index in [1.807, 2.05) is 0 Å². The summed E-state index contributed by atoms with van der Waals surface area (Å²) in [5.41, 5.74) is 5.67. The summed E-state index contributed by atoms with van der Waals surface area (Å²) >= 11 is 0. The summed E-state index contributed by atoms with van der Waals surface area (Å²) in [6.45, 7) is 0.360. The third-order valence-corrected chi connectivity index (χ3v) is 1.26. The molecular formula is C8H8F2N2. The number of halogens is 2. The largest absolute Gasteiger partial charge is 0.327 e. The number of hydrogen-bond acceptors (Lipinski definition) is 2. The highest BCUT2D eigenvalue weighted by atomic mass is 19.2. The van der Waals surface area contributed by atoms with Crippen molar-refractivity contribution in [3.8, 4) is 0 Å². The second-order valence-corrected chi connectivity index (χ2v) is 2.18. The van der Waals surface area contributed by atoms with Crippen LogP contribution in [0.1, 0.15) is 5.56 Å². The Morgan fingerprint density at radius 1 is 1.50 bits per heavy atom. The van der Waals surface area contributed by atoms with Crippen LogP contribution in [0.25, 0.3) is 6.08 Å². The van der Waals surface area contributed by atoms with E-state index in [1.54, 1.807) is 12.2 Å². The molecule has 0 aliphatic rings. The van der Waals surface area contributed by atoms with Crippen LogP contribution in [0.15, 0.2) is 18.3 Å². The second kappa shape index (κ2) is 3.92. The maximum Gasteiger partial charge on any atom is 0.248 e. The van der Waals surface area contributed by atoms with Crippen molar-refractivity contribution in [3.05, 3.63) is 35.7 Å². The van der Waals surface area contributed by atoms with E-state index in [4.69, 9.17) is 5.73 Å². The molecule has 4 heteroatoms. The molecule has 0 spiro atoms. The molecule has 0 unspecified atom stereocenters. The minimum absolute atomic E-state index is 0.360. The molecule has 1 heterocycles. The Hall–Kier alpha value is -1.29. The first-order valence-corrected chi connectivity index (χ1v) is 3.41. The predicted molar refractivity (Wildman–Crippen MR) is 42.2 cm³/mol. The molecule has 0 aromatic carbocycles. The van der Waals surface area contributed by atoms with Gasteiger partial charge in [-0.1, -0.05) is 12.2 Å². The summed E-state index contributed by atoms with van der Waals surface area (Å²) in [4.78, 5) is 3.20. The zero-order chi connectivity index (χ0) is 8.97. The number of aromatic nitrogens is 1. The quantitative estimate of drug-likeness (QED) is 0.680. The molecule has 2 nitrogen and oxygen atoms in total. The van der Waals surface area contributed by atoms with Crippen LogP contribution >= 0.6 is 0 Å². The molecule has 0 atom stereocenters. The summed E-state index contributed by atoms with van der Waals surface area (Å²) in [5.74, 6) is -2.03. The number of rotatable bonds is 2. The summed E-state index contributed by atoms with van der Waals surface area (Å²) in [6, 6.07) is 1.06. The van der Waals surface area contributed by atoms with E-state index in [1.165, 1.54) is 6.20 Å². The smallest absolute Gasteiger partial charge is 0.248 e. The average Bonchev–Trinajstić information content (AvgIpc) is 2.07. The molecule has 0 aliphatic heterocycles. The molecule has 12 heavy (non-hydrogen) atoms. The van der Waals surface area contributed by atoms with Gasteiger partial charge in [0, 0.05) is 12.7 Å². The molecule has 0 amide bonds. The van der Waals surface area contributed by atoms with Gasteiger partial charge in [-0.25, -0.2) is 9.37 Å². The van der Waals surface area contributed by atoms with Crippen molar-refractivity contribution >= 4 is 6.08 Å². The lowest BCUT2D eigenvalue weighted by molar-refractivity contribution is 0.479. The Kier molecular flexibility index (Phi) is 2.88. The number of nitrogens with two attached hydrogens (primary N) is 1. The van der Waals surface area contributed by atoms with Gasteiger partial charge in [-0.2, -0.15) is 4.39 Å². The highest BCUT2D eigenvalue weighted by Crippen LogP contribution is 2.06. The molecular weight excluding hydrogens is 162 g/mol. The van der Waals surface area contributed by atoms with Gasteiger partial charge in [0.25, 0.3) is 0 Å². The van der Waals surface area contributed by atoms with Gasteiger partial charge in [-0.05, 0) is 11.6 Å². The van der Waals surface area contributed by atoms with Gasteiger partial charge in [0.15, 0.2) is 5.82 Å². The van der Waals surface area contributed by atoms with Crippen molar-refractivity contribution in [2.45, 2.75) is 0 Å². The maximum atomic E-state index is 12.5. The Balaban J connectivity index is 2.89. The van der Waals surface area contributed by atoms with E-state index in [2.05, 4.69) is 4.98 Å². The molecule has 1 rings (SSSR count). The van der Waals surface area contributed by atoms with Gasteiger partial charge in [-0.3, -0.25) is 0 Å². The predicted octanol–water partition coefficient (Wildman–Crippen LogP) is 1.33. The summed E-state index contributed by atoms with van der Waals surface area (Å²) < 4.78 is 24.8. The second-order valence-electron chi connectivity index (χ2n) is 2.18. The van der Waals surface area contributed by atoms with Crippen LogP contribution < -0.4 is 5.73 Å². The van der Waals surface area contributed by atoms with E-state index < -0.39 is 11.8 Å². The number of hydrogen-bond donors (Lipinski definition) is 1. The van der Waals surface area contributed by atoms with Crippen LogP contribution in [0.4, 0.5) is 8.78 Å². The third-order valence-electron chi connectivity index (χ3n) is 1.26. The van der Waals surface area contributed by atoms with Crippen molar-refractivity contribution < 1.29 is 8.78 Å². The summed E-state index contributed by atoms with van der Waals surface area (Å²) in [6.07, 6.45) is 4.45. The number of pyridine rings is 1. The van der Waals surface area contributed by atoms with Crippen molar-refractivity contribution in [1.82, 2.24) is 4.98 Å². The highest BCUT2D eigenvalue weighted by molar-refractivity contribution is 5.47. The lowest BCUT2D eigenvalue weighted by Crippen LogP contribution is -1.93. The Labute approximate surface area is 68.7 Å². The Bertz CT molecular complexity index is 297. The van der Waals surface area contributed by atoms with Crippen molar-refractivity contribution in [1.29, 1.82) is 0 Å². The van der Waals surface area contributed by atoms with Crippen molar-refractivity contribution in [2.24, 2.45) is 5.73 Å². The molecule has 0 bridgehead atoms. The van der Waals surface area contributed by atoms with E-state index in [9.17, 15) is 8.78 Å². The minimum Gasteiger partial charge on any atom is -0.327 e. The van der Waals surface area contributed by atoms with Gasteiger partial charge in [-0.15, -0.1) is 0 Å². The fourth-order valence-electron chi connectivity index (χ4n) is 0.731. The summed E-state index contributed by atoms with van der Waals surface area (Å²) in [5, 5.41) is 0. The zero-order valence-electron chi connectivity index (χ0n) is 6.30. The fourth-order valence-corrected chi connectivity index (χ4v) is 0.731. The van der Waals surface area contributed by atoms with Gasteiger partial charge in [0.2, 0.25) is 5.95 Å². The van der Waals surface area contributed by atoms with Crippen LogP contribution in [0.3, 0.4) is 0 Å². The van der Waals surface area contributed by atoms with Crippen LogP contribution in [0.2, 0.25) is 0 Å². The van der Waals surface area contributed by atoms with E-state index in [0.717, 1.165) is 6.07 Å². The molecule has 0 saturated carbocycles. The maximum absolute atomic E-state index is 12.5. The van der Waals surface area contributed by atoms with Gasteiger partial charge in [0.05, 0.1) is 0 Å². The topological polar surface area (TPSA) is 38.9 Å². The first-order valence-electron chi connectivity index (χ1n) is 3.41. The molecule has 1 aromatic heterocycles. The SMILES string of the molecule is NCC=Cc1cnc(F)c(F)c1.